The van der Waals surface area contributed by atoms with Gasteiger partial charge in [-0.3, -0.25) is 9.59 Å². The second-order valence-electron chi connectivity index (χ2n) is 6.70. The molecule has 2 amide bonds. The van der Waals surface area contributed by atoms with Gasteiger partial charge >= 0.3 is 0 Å². The summed E-state index contributed by atoms with van der Waals surface area (Å²) in [5.41, 5.74) is 0.699. The van der Waals surface area contributed by atoms with Crippen molar-refractivity contribution in [2.45, 2.75) is 37.8 Å². The predicted molar refractivity (Wildman–Crippen MR) is 107 cm³/mol. The van der Waals surface area contributed by atoms with E-state index >= 15 is 0 Å². The van der Waals surface area contributed by atoms with Gasteiger partial charge in [0.2, 0.25) is 5.91 Å². The Balaban J connectivity index is 1.75. The Labute approximate surface area is 166 Å². The normalized spacial score (nSPS) is 19.5. The topological polar surface area (TPSA) is 97.8 Å². The van der Waals surface area contributed by atoms with Crippen LogP contribution in [-0.2, 0) is 4.79 Å². The number of aromatic nitrogens is 1. The number of nitrogens with zero attached hydrogens (tertiary/aromatic N) is 1. The number of fused-ring (bicyclic) bond motifs is 1. The molecular formula is C20H21FN4O2S. The number of rotatable bonds is 5. The third-order valence-corrected chi connectivity index (χ3v) is 5.28. The highest BCUT2D eigenvalue weighted by molar-refractivity contribution is 8.01. The number of nitrogens with one attached hydrogen (secondary N) is 3. The molecule has 1 aliphatic rings. The maximum absolute atomic E-state index is 13.8. The van der Waals surface area contributed by atoms with E-state index in [2.05, 4.69) is 15.6 Å². The fraction of sp³-hybridized carbons (Fsp3) is 0.350. The van der Waals surface area contributed by atoms with Crippen LogP contribution >= 0.6 is 11.8 Å². The molecule has 1 aromatic heterocycles. The molecule has 1 aliphatic carbocycles. The smallest absolute Gasteiger partial charge is 0.268 e. The fourth-order valence-corrected chi connectivity index (χ4v) is 3.76. The summed E-state index contributed by atoms with van der Waals surface area (Å²) in [4.78, 5) is 27.7. The number of hydrogen-bond donors (Lipinski definition) is 3. The van der Waals surface area contributed by atoms with Gasteiger partial charge in [0.05, 0.1) is 5.56 Å². The first-order chi connectivity index (χ1) is 13.5. The Morgan fingerprint density at radius 3 is 2.68 bits per heavy atom. The minimum Gasteiger partial charge on any atom is -0.350 e. The average Bonchev–Trinajstić information content (AvgIpc) is 3.12. The Kier molecular flexibility index (Phi) is 6.37. The average molecular weight is 400 g/mol. The van der Waals surface area contributed by atoms with Crippen molar-refractivity contribution in [2.75, 3.05) is 6.26 Å². The molecule has 0 unspecified atom stereocenters. The number of carbonyl (C=O) groups excluding carboxylic acids is 2. The SMILES string of the molecule is CS/C=C/C(=O)N[C@H]1CCCC[C@@H]1NC(=O)c1cc2c(C#N)c(F)ccc2[nH]1. The molecule has 6 nitrogen and oxygen atoms in total. The number of amides is 2. The zero-order valence-electron chi connectivity index (χ0n) is 15.4. The maximum atomic E-state index is 13.8. The molecule has 1 fully saturated rings. The van der Waals surface area contributed by atoms with Gasteiger partial charge in [0, 0.05) is 29.1 Å². The zero-order valence-corrected chi connectivity index (χ0v) is 16.2. The lowest BCUT2D eigenvalue weighted by Gasteiger charge is -2.32. The number of nitriles is 1. The van der Waals surface area contributed by atoms with Crippen molar-refractivity contribution < 1.29 is 14.0 Å². The van der Waals surface area contributed by atoms with Gasteiger partial charge < -0.3 is 15.6 Å². The first-order valence-electron chi connectivity index (χ1n) is 9.05. The number of thioether (sulfide) groups is 1. The third kappa shape index (κ3) is 4.37. The molecule has 2 atom stereocenters. The van der Waals surface area contributed by atoms with E-state index in [1.807, 2.05) is 12.3 Å². The summed E-state index contributed by atoms with van der Waals surface area (Å²) in [6.07, 6.45) is 6.86. The van der Waals surface area contributed by atoms with E-state index in [0.29, 0.717) is 10.9 Å². The highest BCUT2D eigenvalue weighted by atomic mass is 32.2. The summed E-state index contributed by atoms with van der Waals surface area (Å²) in [6.45, 7) is 0. The minimum absolute atomic E-state index is 0.0869. The molecule has 1 aromatic carbocycles. The Morgan fingerprint density at radius 1 is 1.29 bits per heavy atom. The third-order valence-electron chi connectivity index (χ3n) is 4.87. The molecule has 28 heavy (non-hydrogen) atoms. The first kappa shape index (κ1) is 20.0. The van der Waals surface area contributed by atoms with Crippen LogP contribution in [0.1, 0.15) is 41.7 Å². The summed E-state index contributed by atoms with van der Waals surface area (Å²) >= 11 is 1.44. The van der Waals surface area contributed by atoms with Gasteiger partial charge in [-0.2, -0.15) is 5.26 Å². The summed E-state index contributed by atoms with van der Waals surface area (Å²) in [7, 11) is 0. The van der Waals surface area contributed by atoms with Crippen LogP contribution in [0.4, 0.5) is 4.39 Å². The number of H-pyrrole nitrogens is 1. The van der Waals surface area contributed by atoms with E-state index in [-0.39, 0.29) is 35.2 Å². The van der Waals surface area contributed by atoms with Crippen molar-refractivity contribution in [1.82, 2.24) is 15.6 Å². The van der Waals surface area contributed by atoms with Crippen LogP contribution in [0.25, 0.3) is 10.9 Å². The zero-order chi connectivity index (χ0) is 20.1. The van der Waals surface area contributed by atoms with Crippen molar-refractivity contribution in [2.24, 2.45) is 0 Å². The van der Waals surface area contributed by atoms with E-state index in [1.54, 1.807) is 5.41 Å². The lowest BCUT2D eigenvalue weighted by molar-refractivity contribution is -0.117. The Bertz CT molecular complexity index is 963. The molecular weight excluding hydrogens is 379 g/mol. The van der Waals surface area contributed by atoms with E-state index in [9.17, 15) is 14.0 Å². The van der Waals surface area contributed by atoms with E-state index < -0.39 is 5.82 Å². The van der Waals surface area contributed by atoms with Gasteiger partial charge in [0.15, 0.2) is 0 Å². The highest BCUT2D eigenvalue weighted by Crippen LogP contribution is 2.23. The van der Waals surface area contributed by atoms with Gasteiger partial charge in [0.25, 0.3) is 5.91 Å². The molecule has 0 saturated heterocycles. The van der Waals surface area contributed by atoms with Crippen molar-refractivity contribution in [3.63, 3.8) is 0 Å². The van der Waals surface area contributed by atoms with Crippen LogP contribution in [-0.4, -0.2) is 35.1 Å². The van der Waals surface area contributed by atoms with Crippen LogP contribution in [0, 0.1) is 17.1 Å². The first-order valence-corrected chi connectivity index (χ1v) is 10.3. The minimum atomic E-state index is -0.616. The maximum Gasteiger partial charge on any atom is 0.268 e. The van der Waals surface area contributed by atoms with Crippen molar-refractivity contribution in [3.8, 4) is 6.07 Å². The van der Waals surface area contributed by atoms with Crippen LogP contribution < -0.4 is 10.6 Å². The second kappa shape index (κ2) is 8.93. The molecule has 1 heterocycles. The van der Waals surface area contributed by atoms with Crippen LogP contribution in [0.2, 0.25) is 0 Å². The molecule has 0 radical (unpaired) electrons. The van der Waals surface area contributed by atoms with Gasteiger partial charge in [-0.25, -0.2) is 4.39 Å². The number of carbonyl (C=O) groups is 2. The summed E-state index contributed by atoms with van der Waals surface area (Å²) < 4.78 is 13.8. The molecule has 8 heteroatoms. The summed E-state index contributed by atoms with van der Waals surface area (Å²) in [5.74, 6) is -1.14. The van der Waals surface area contributed by atoms with Crippen LogP contribution in [0.3, 0.4) is 0 Å². The molecule has 2 aromatic rings. The van der Waals surface area contributed by atoms with Gasteiger partial charge in [0.1, 0.15) is 17.6 Å². The van der Waals surface area contributed by atoms with Crippen molar-refractivity contribution in [1.29, 1.82) is 5.26 Å². The Morgan fingerprint density at radius 2 is 2.00 bits per heavy atom. The van der Waals surface area contributed by atoms with Gasteiger partial charge in [-0.1, -0.05) is 12.8 Å². The standard InChI is InChI=1S/C20H21FN4O2S/c1-28-9-8-19(26)24-16-4-2-3-5-17(16)25-20(27)18-10-12-13(11-22)14(21)6-7-15(12)23-18/h6-10,16-17,23H,2-5H2,1H3,(H,24,26)(H,25,27)/b9-8+/t16-,17-/m0/s1. The lowest BCUT2D eigenvalue weighted by Crippen LogP contribution is -2.53. The second-order valence-corrected chi connectivity index (χ2v) is 7.44. The van der Waals surface area contributed by atoms with E-state index in [0.717, 1.165) is 25.7 Å². The molecule has 0 aliphatic heterocycles. The van der Waals surface area contributed by atoms with Crippen molar-refractivity contribution in [3.05, 3.63) is 46.8 Å². The molecule has 146 valence electrons. The van der Waals surface area contributed by atoms with E-state index in [4.69, 9.17) is 5.26 Å². The lowest BCUT2D eigenvalue weighted by atomic mass is 9.90. The van der Waals surface area contributed by atoms with Gasteiger partial charge in [-0.05, 0) is 42.7 Å². The molecule has 3 N–H and O–H groups in total. The van der Waals surface area contributed by atoms with Crippen LogP contribution in [0.15, 0.2) is 29.7 Å². The van der Waals surface area contributed by atoms with Gasteiger partial charge in [-0.15, -0.1) is 11.8 Å². The highest BCUT2D eigenvalue weighted by Gasteiger charge is 2.28. The quantitative estimate of drug-likeness (QED) is 0.671. The predicted octanol–water partition coefficient (Wildman–Crippen LogP) is 3.21. The molecule has 0 spiro atoms. The van der Waals surface area contributed by atoms with E-state index in [1.165, 1.54) is 36.0 Å². The largest absolute Gasteiger partial charge is 0.350 e. The van der Waals surface area contributed by atoms with Crippen molar-refractivity contribution >= 4 is 34.5 Å². The summed E-state index contributed by atoms with van der Waals surface area (Å²) in [5, 5.41) is 17.2. The number of benzene rings is 1. The monoisotopic (exact) mass is 400 g/mol. The Hall–Kier alpha value is -2.79. The summed E-state index contributed by atoms with van der Waals surface area (Å²) in [6, 6.07) is 5.70. The molecule has 3 rings (SSSR count). The number of aromatic amines is 1. The molecule has 1 saturated carbocycles. The fourth-order valence-electron chi connectivity index (χ4n) is 3.50. The van der Waals surface area contributed by atoms with Crippen LogP contribution in [0.5, 0.6) is 0 Å². The number of hydrogen-bond acceptors (Lipinski definition) is 4. The molecule has 0 bridgehead atoms. The number of halogens is 1.